The number of likely N-dealkylation sites (tertiary alicyclic amines) is 1. The van der Waals surface area contributed by atoms with Crippen LogP contribution in [0.5, 0.6) is 0 Å². The van der Waals surface area contributed by atoms with Crippen LogP contribution in [-0.4, -0.2) is 187 Å². The third-order valence-corrected chi connectivity index (χ3v) is 18.5. The molecule has 442 valence electrons. The largest absolute Gasteiger partial charge is 0.481 e. The van der Waals surface area contributed by atoms with E-state index >= 15 is 0 Å². The van der Waals surface area contributed by atoms with Gasteiger partial charge in [-0.3, -0.25) is 62.7 Å². The molecule has 0 aliphatic carbocycles. The number of hydrazine groups is 1. The van der Waals surface area contributed by atoms with Crippen molar-refractivity contribution in [3.05, 3.63) is 12.7 Å². The molecule has 8 amide bonds. The molecule has 2 aromatic heterocycles. The fourth-order valence-corrected chi connectivity index (χ4v) is 14.0. The molecule has 79 heavy (non-hydrogen) atoms. The second kappa shape index (κ2) is 28.0. The highest BCUT2D eigenvalue weighted by Crippen LogP contribution is 2.61. The van der Waals surface area contributed by atoms with Crippen LogP contribution >= 0.6 is 47.0 Å². The number of carbonyl (C=O) groups is 7. The van der Waals surface area contributed by atoms with Crippen molar-refractivity contribution in [1.29, 1.82) is 0 Å². The Morgan fingerprint density at radius 3 is 2.33 bits per heavy atom. The van der Waals surface area contributed by atoms with Gasteiger partial charge in [0.05, 0.1) is 36.9 Å². The number of thioether (sulfide) groups is 2. The van der Waals surface area contributed by atoms with Crippen LogP contribution in [0, 0.1) is 5.41 Å². The number of imidazole rings is 1. The molecule has 38 heteroatoms. The van der Waals surface area contributed by atoms with Gasteiger partial charge in [0.15, 0.2) is 17.7 Å². The van der Waals surface area contributed by atoms with Gasteiger partial charge in [-0.2, -0.15) is 16.1 Å². The number of unbranched alkanes of at least 4 members (excludes halogenated alkanes) is 3. The van der Waals surface area contributed by atoms with Crippen LogP contribution in [0.15, 0.2) is 12.7 Å². The van der Waals surface area contributed by atoms with Crippen molar-refractivity contribution in [2.24, 2.45) is 5.41 Å². The first-order valence-corrected chi connectivity index (χ1v) is 31.4. The number of phosphoric ester groups is 3. The first-order chi connectivity index (χ1) is 37.1. The molecular weight excluding hydrogens is 1150 g/mol. The number of nitrogens with zero attached hydrogens (tertiary/aromatic N) is 5. The highest BCUT2D eigenvalue weighted by Gasteiger charge is 2.51. The second-order valence-electron chi connectivity index (χ2n) is 19.3. The van der Waals surface area contributed by atoms with Gasteiger partial charge in [-0.15, -0.1) is 11.8 Å². The molecule has 6 heterocycles. The number of rotatable bonds is 31. The number of ether oxygens (including phenoxy) is 1. The van der Waals surface area contributed by atoms with Crippen LogP contribution in [0.2, 0.25) is 0 Å². The highest BCUT2D eigenvalue weighted by molar-refractivity contribution is 8.00. The SMILES string of the molecule is CC(C)(COP(=O)(O)OP(=O)(O)OC[C@H]1O[C@@H](n2cnc3c(N)ncnc32)[C@H](O)[C@@H]1OP(=O)(O)O)[C@@H](O)C(=O)NCCC(=O)NCCSC1CC(=O)N(CCCCCC(=O)NNC(=O)CCCC[C@@H]2SC[C@@H]3NC(=O)N[C@@H]32)C1=O. The summed E-state index contributed by atoms with van der Waals surface area (Å²) >= 11 is 2.99. The summed E-state index contributed by atoms with van der Waals surface area (Å²) < 4.78 is 62.5. The second-order valence-corrected chi connectivity index (χ2v) is 26.1. The van der Waals surface area contributed by atoms with Crippen LogP contribution in [0.1, 0.15) is 84.3 Å². The van der Waals surface area contributed by atoms with Gasteiger partial charge in [0.1, 0.15) is 36.3 Å². The molecule has 0 radical (unpaired) electrons. The summed E-state index contributed by atoms with van der Waals surface area (Å²) in [6, 6.07) is 0.109. The van der Waals surface area contributed by atoms with Crippen molar-refractivity contribution in [3.63, 3.8) is 0 Å². The Hall–Kier alpha value is -4.41. The molecule has 4 fully saturated rings. The van der Waals surface area contributed by atoms with Gasteiger partial charge >= 0.3 is 29.5 Å². The summed E-state index contributed by atoms with van der Waals surface area (Å²) in [5.74, 6) is -1.82. The number of nitrogens with two attached hydrogens (primary N) is 1. The number of aromatic nitrogens is 4. The van der Waals surface area contributed by atoms with Gasteiger partial charge < -0.3 is 61.5 Å². The zero-order chi connectivity index (χ0) is 57.9. The highest BCUT2D eigenvalue weighted by atomic mass is 32.2. The molecule has 2 aromatic rings. The van der Waals surface area contributed by atoms with Crippen LogP contribution in [0.3, 0.4) is 0 Å². The maximum absolute atomic E-state index is 13.0. The molecule has 4 aliphatic rings. The third-order valence-electron chi connectivity index (χ3n) is 12.7. The van der Waals surface area contributed by atoms with Gasteiger partial charge in [0.2, 0.25) is 35.4 Å². The Kier molecular flexibility index (Phi) is 22.6. The van der Waals surface area contributed by atoms with Crippen molar-refractivity contribution in [3.8, 4) is 0 Å². The third kappa shape index (κ3) is 18.6. The molecule has 0 aromatic carbocycles. The molecule has 11 atom stereocenters. The van der Waals surface area contributed by atoms with Crippen molar-refractivity contribution in [2.45, 2.75) is 131 Å². The number of carbonyl (C=O) groups excluding carboxylic acids is 7. The molecule has 6 rings (SSSR count). The van der Waals surface area contributed by atoms with Gasteiger partial charge in [0, 0.05) is 67.5 Å². The lowest BCUT2D eigenvalue weighted by molar-refractivity contribution is -0.139. The zero-order valence-corrected chi connectivity index (χ0v) is 47.0. The Balaban J connectivity index is 0.799. The Morgan fingerprint density at radius 1 is 0.924 bits per heavy atom. The number of aliphatic hydroxyl groups excluding tert-OH is 2. The van der Waals surface area contributed by atoms with Crippen molar-refractivity contribution < 1.29 is 99.7 Å². The molecule has 3 unspecified atom stereocenters. The lowest BCUT2D eigenvalue weighted by atomic mass is 9.87. The Bertz CT molecular complexity index is 2690. The number of phosphoric acid groups is 3. The van der Waals surface area contributed by atoms with Gasteiger partial charge in [0.25, 0.3) is 0 Å². The first kappa shape index (κ1) is 63.8. The summed E-state index contributed by atoms with van der Waals surface area (Å²) in [7, 11) is -16.5. The molecular formula is C41H65N12O21P3S2. The fourth-order valence-electron chi connectivity index (χ4n) is 8.62. The Labute approximate surface area is 459 Å². The average Bonchev–Trinajstić information content (AvgIpc) is 4.26. The first-order valence-electron chi connectivity index (χ1n) is 24.7. The van der Waals surface area contributed by atoms with Crippen molar-refractivity contribution in [1.82, 2.24) is 56.5 Å². The van der Waals surface area contributed by atoms with Gasteiger partial charge in [-0.05, 0) is 25.7 Å². The quantitative estimate of drug-likeness (QED) is 0.0137. The number of aliphatic hydroxyl groups is 2. The summed E-state index contributed by atoms with van der Waals surface area (Å²) in [6.45, 7) is 0.388. The lowest BCUT2D eigenvalue weighted by Crippen LogP contribution is -2.46. The van der Waals surface area contributed by atoms with E-state index in [2.05, 4.69) is 55.9 Å². The number of anilines is 1. The number of fused-ring (bicyclic) bond motifs is 2. The number of hydrogen-bond acceptors (Lipinski definition) is 23. The molecule has 0 spiro atoms. The monoisotopic (exact) mass is 1220 g/mol. The van der Waals surface area contributed by atoms with Crippen LogP contribution in [0.25, 0.3) is 11.2 Å². The number of nitrogen functional groups attached to an aromatic ring is 1. The van der Waals surface area contributed by atoms with E-state index in [0.29, 0.717) is 30.9 Å². The number of imide groups is 1. The molecule has 4 saturated heterocycles. The van der Waals surface area contributed by atoms with E-state index < -0.39 is 89.8 Å². The van der Waals surface area contributed by atoms with Crippen molar-refractivity contribution >= 4 is 105 Å². The summed E-state index contributed by atoms with van der Waals surface area (Å²) in [5.41, 5.74) is 9.01. The molecule has 14 N–H and O–H groups in total. The van der Waals surface area contributed by atoms with E-state index in [-0.39, 0.29) is 110 Å². The summed E-state index contributed by atoms with van der Waals surface area (Å²) in [6.07, 6.45) is -3.02. The topological polar surface area (TPSA) is 483 Å². The van der Waals surface area contributed by atoms with Crippen LogP contribution in [-0.2, 0) is 65.1 Å². The Morgan fingerprint density at radius 2 is 1.62 bits per heavy atom. The number of amides is 8. The predicted molar refractivity (Wildman–Crippen MR) is 276 cm³/mol. The number of hydrogen-bond donors (Lipinski definition) is 13. The fraction of sp³-hybridized carbons (Fsp3) is 0.707. The molecule has 0 bridgehead atoms. The lowest BCUT2D eigenvalue weighted by Gasteiger charge is -2.30. The van der Waals surface area contributed by atoms with Crippen molar-refractivity contribution in [2.75, 3.05) is 50.1 Å². The van der Waals surface area contributed by atoms with E-state index in [0.717, 1.165) is 35.8 Å². The van der Waals surface area contributed by atoms with E-state index in [4.69, 9.17) is 19.5 Å². The van der Waals surface area contributed by atoms with E-state index in [1.54, 1.807) is 11.8 Å². The molecule has 33 nitrogen and oxygen atoms in total. The molecule has 4 aliphatic heterocycles. The maximum Gasteiger partial charge on any atom is 0.481 e. The zero-order valence-electron chi connectivity index (χ0n) is 42.7. The average molecular weight is 1220 g/mol. The number of nitrogens with one attached hydrogen (secondary N) is 6. The summed E-state index contributed by atoms with van der Waals surface area (Å²) in [4.78, 5) is 139. The van der Waals surface area contributed by atoms with E-state index in [1.807, 2.05) is 0 Å². The minimum Gasteiger partial charge on any atom is -0.386 e. The predicted octanol–water partition coefficient (Wildman–Crippen LogP) is -1.30. The van der Waals surface area contributed by atoms with E-state index in [1.165, 1.54) is 30.5 Å². The minimum absolute atomic E-state index is 0.0131. The summed E-state index contributed by atoms with van der Waals surface area (Å²) in [5, 5.41) is 32.1. The number of urea groups is 1. The van der Waals surface area contributed by atoms with Gasteiger partial charge in [-0.25, -0.2) is 33.4 Å². The maximum atomic E-state index is 13.0. The van der Waals surface area contributed by atoms with Crippen LogP contribution < -0.4 is 37.9 Å². The normalized spacial score (nSPS) is 25.1. The smallest absolute Gasteiger partial charge is 0.386 e. The van der Waals surface area contributed by atoms with E-state index in [9.17, 15) is 77.0 Å². The minimum atomic E-state index is -5.62. The van der Waals surface area contributed by atoms with Crippen LogP contribution in [0.4, 0.5) is 10.6 Å². The standard InChI is InChI=1S/C41H65N12O21P3S2/c1-41(2,19-71-77(68,69)74-76(66,67)70-17-23-33(73-75(63,64)65)32(58)39(72-23)53-21-47-31-35(42)45-20-46-36(31)53)34(59)37(60)44-12-11-26(54)43-13-15-78-25-16-29(57)52(38(25)61)14-7-3-4-9-27(55)50-51-28(56)10-6-5-8-24-30-22(18-79-24)48-40(62)49-30/h20-25,30,32-34,39,58-59H,3-19H2,1-2H3,(H,43,54)(H,44,60)(H,50,55)(H,51,56)(H,66,67)(H,68,69)(H2,42,45,46)(H2,48,49,62)(H2,63,64,65)/t22-,23+,24-,25?,30-,32+,33+,34-,39+/m0/s1. The van der Waals surface area contributed by atoms with Gasteiger partial charge in [-0.1, -0.05) is 26.7 Å². The molecule has 0 saturated carbocycles.